The second-order valence-corrected chi connectivity index (χ2v) is 4.42. The van der Waals surface area contributed by atoms with Crippen LogP contribution in [0.4, 0.5) is 5.69 Å². The van der Waals surface area contributed by atoms with Crippen LogP contribution < -0.4 is 40.0 Å². The standard InChI is InChI=1S/C14H10ClNO4.Na/c15-9-3-6-12(17)11(7-9)13(18)16-10-4-1-8(2-5-10)14(19)20;/h1-7,17H,(H,16,18)(H,19,20);/q;+1/p-1. The van der Waals surface area contributed by atoms with E-state index in [-0.39, 0.29) is 46.4 Å². The number of carboxylic acid groups (broad SMARTS) is 1. The van der Waals surface area contributed by atoms with Crippen LogP contribution in [0.25, 0.3) is 0 Å². The number of carbonyl (C=O) groups excluding carboxylic acids is 2. The van der Waals surface area contributed by atoms with Crippen molar-refractivity contribution in [2.45, 2.75) is 0 Å². The zero-order valence-corrected chi connectivity index (χ0v) is 13.8. The zero-order chi connectivity index (χ0) is 14.7. The first-order chi connectivity index (χ1) is 9.47. The second-order valence-electron chi connectivity index (χ2n) is 3.98. The van der Waals surface area contributed by atoms with Gasteiger partial charge in [0.25, 0.3) is 5.91 Å². The summed E-state index contributed by atoms with van der Waals surface area (Å²) in [7, 11) is 0. The molecule has 0 bridgehead atoms. The Bertz CT molecular complexity index is 673. The van der Waals surface area contributed by atoms with E-state index in [0.29, 0.717) is 10.7 Å². The molecule has 1 amide bonds. The molecule has 0 radical (unpaired) electrons. The van der Waals surface area contributed by atoms with Gasteiger partial charge in [-0.05, 0) is 35.9 Å². The molecule has 2 rings (SSSR count). The molecule has 2 aromatic carbocycles. The number of benzene rings is 2. The van der Waals surface area contributed by atoms with Crippen LogP contribution in [0.1, 0.15) is 20.7 Å². The predicted molar refractivity (Wildman–Crippen MR) is 71.8 cm³/mol. The average Bonchev–Trinajstić information content (AvgIpc) is 2.42. The minimum absolute atomic E-state index is 0. The number of hydrogen-bond acceptors (Lipinski definition) is 4. The summed E-state index contributed by atoms with van der Waals surface area (Å²) in [5.41, 5.74) is 0.425. The van der Waals surface area contributed by atoms with Crippen LogP contribution >= 0.6 is 11.6 Å². The van der Waals surface area contributed by atoms with Crippen LogP contribution in [0, 0.1) is 0 Å². The molecule has 5 nitrogen and oxygen atoms in total. The van der Waals surface area contributed by atoms with Crippen molar-refractivity contribution in [2.75, 3.05) is 5.32 Å². The van der Waals surface area contributed by atoms with Gasteiger partial charge < -0.3 is 20.3 Å². The number of carbonyl (C=O) groups is 2. The van der Waals surface area contributed by atoms with Crippen LogP contribution in [-0.4, -0.2) is 17.0 Å². The fraction of sp³-hybridized carbons (Fsp3) is 0. The van der Waals surface area contributed by atoms with E-state index in [4.69, 9.17) is 11.6 Å². The van der Waals surface area contributed by atoms with Crippen molar-refractivity contribution in [1.29, 1.82) is 0 Å². The second kappa shape index (κ2) is 7.47. The van der Waals surface area contributed by atoms with E-state index < -0.39 is 11.9 Å². The molecule has 0 heterocycles. The van der Waals surface area contributed by atoms with Crippen LogP contribution in [0.3, 0.4) is 0 Å². The molecule has 0 saturated carbocycles. The first kappa shape index (κ1) is 17.5. The summed E-state index contributed by atoms with van der Waals surface area (Å²) in [5.74, 6) is -2.04. The number of aromatic hydroxyl groups is 1. The van der Waals surface area contributed by atoms with Gasteiger partial charge in [-0.2, -0.15) is 0 Å². The van der Waals surface area contributed by atoms with Crippen molar-refractivity contribution in [2.24, 2.45) is 0 Å². The Labute approximate surface area is 147 Å². The van der Waals surface area contributed by atoms with E-state index in [1.165, 1.54) is 42.5 Å². The summed E-state index contributed by atoms with van der Waals surface area (Å²) >= 11 is 5.76. The van der Waals surface area contributed by atoms with Gasteiger partial charge in [0.1, 0.15) is 5.75 Å². The van der Waals surface area contributed by atoms with Crippen LogP contribution in [-0.2, 0) is 0 Å². The number of phenolic OH excluding ortho intramolecular Hbond substituents is 1. The fourth-order valence-electron chi connectivity index (χ4n) is 1.58. The molecule has 0 unspecified atom stereocenters. The summed E-state index contributed by atoms with van der Waals surface area (Å²) in [6.45, 7) is 0. The maximum absolute atomic E-state index is 11.9. The number of carboxylic acids is 1. The molecule has 0 fully saturated rings. The van der Waals surface area contributed by atoms with E-state index in [1.807, 2.05) is 0 Å². The van der Waals surface area contributed by atoms with Crippen molar-refractivity contribution < 1.29 is 49.4 Å². The summed E-state index contributed by atoms with van der Waals surface area (Å²) < 4.78 is 0. The molecule has 0 saturated heterocycles. The number of nitrogens with one attached hydrogen (secondary N) is 1. The van der Waals surface area contributed by atoms with Gasteiger partial charge in [0.15, 0.2) is 0 Å². The van der Waals surface area contributed by atoms with Gasteiger partial charge in [0, 0.05) is 10.7 Å². The molecule has 0 aliphatic heterocycles. The van der Waals surface area contributed by atoms with Gasteiger partial charge in [-0.3, -0.25) is 4.79 Å². The maximum Gasteiger partial charge on any atom is 1.00 e. The topological polar surface area (TPSA) is 89.5 Å². The van der Waals surface area contributed by atoms with E-state index in [2.05, 4.69) is 5.32 Å². The third-order valence-electron chi connectivity index (χ3n) is 2.58. The molecule has 0 aliphatic carbocycles. The minimum Gasteiger partial charge on any atom is -0.545 e. The summed E-state index contributed by atoms with van der Waals surface area (Å²) in [6, 6.07) is 9.57. The quantitative estimate of drug-likeness (QED) is 0.687. The molecule has 0 aromatic heterocycles. The Balaban J connectivity index is 0.00000220. The number of rotatable bonds is 3. The van der Waals surface area contributed by atoms with E-state index in [9.17, 15) is 19.8 Å². The molecular formula is C14H9ClNNaO4. The number of hydrogen-bond donors (Lipinski definition) is 2. The number of halogens is 1. The van der Waals surface area contributed by atoms with Gasteiger partial charge in [-0.25, -0.2) is 0 Å². The number of aromatic carboxylic acids is 1. The van der Waals surface area contributed by atoms with Crippen LogP contribution in [0.2, 0.25) is 5.02 Å². The first-order valence-corrected chi connectivity index (χ1v) is 5.96. The minimum atomic E-state index is -1.30. The summed E-state index contributed by atoms with van der Waals surface area (Å²) in [5, 5.41) is 23.0. The number of anilines is 1. The molecule has 21 heavy (non-hydrogen) atoms. The van der Waals surface area contributed by atoms with E-state index >= 15 is 0 Å². The molecule has 2 N–H and O–H groups in total. The molecule has 2 aromatic rings. The van der Waals surface area contributed by atoms with Crippen LogP contribution in [0.5, 0.6) is 5.75 Å². The van der Waals surface area contributed by atoms with Gasteiger partial charge >= 0.3 is 29.6 Å². The summed E-state index contributed by atoms with van der Waals surface area (Å²) in [4.78, 5) is 22.5. The maximum atomic E-state index is 11.9. The third-order valence-corrected chi connectivity index (χ3v) is 2.82. The monoisotopic (exact) mass is 313 g/mol. The zero-order valence-electron chi connectivity index (χ0n) is 11.1. The predicted octanol–water partition coefficient (Wildman–Crippen LogP) is -1.33. The number of phenols is 1. The Morgan fingerprint density at radius 1 is 1.10 bits per heavy atom. The Morgan fingerprint density at radius 3 is 2.29 bits per heavy atom. The Morgan fingerprint density at radius 2 is 1.71 bits per heavy atom. The molecule has 7 heteroatoms. The average molecular weight is 314 g/mol. The van der Waals surface area contributed by atoms with Crippen molar-refractivity contribution >= 4 is 29.2 Å². The van der Waals surface area contributed by atoms with E-state index in [0.717, 1.165) is 0 Å². The SMILES string of the molecule is O=C([O-])c1ccc(NC(=O)c2cc(Cl)ccc2O)cc1.[Na+]. The van der Waals surface area contributed by atoms with E-state index in [1.54, 1.807) is 0 Å². The smallest absolute Gasteiger partial charge is 0.545 e. The molecule has 102 valence electrons. The van der Waals surface area contributed by atoms with Gasteiger partial charge in [-0.1, -0.05) is 23.7 Å². The largest absolute Gasteiger partial charge is 1.00 e. The van der Waals surface area contributed by atoms with Gasteiger partial charge in [-0.15, -0.1) is 0 Å². The molecular weight excluding hydrogens is 305 g/mol. The summed E-state index contributed by atoms with van der Waals surface area (Å²) in [6.07, 6.45) is 0. The van der Waals surface area contributed by atoms with Crippen molar-refractivity contribution in [3.05, 3.63) is 58.6 Å². The fourth-order valence-corrected chi connectivity index (χ4v) is 1.75. The molecule has 0 atom stereocenters. The van der Waals surface area contributed by atoms with Crippen molar-refractivity contribution in [3.63, 3.8) is 0 Å². The third kappa shape index (κ3) is 4.47. The Hall–Kier alpha value is -1.53. The normalized spacial score (nSPS) is 9.57. The van der Waals surface area contributed by atoms with Crippen molar-refractivity contribution in [1.82, 2.24) is 0 Å². The molecule has 0 aliphatic rings. The van der Waals surface area contributed by atoms with Crippen LogP contribution in [0.15, 0.2) is 42.5 Å². The molecule has 0 spiro atoms. The van der Waals surface area contributed by atoms with Gasteiger partial charge in [0.05, 0.1) is 11.5 Å². The first-order valence-electron chi connectivity index (χ1n) is 5.58. The van der Waals surface area contributed by atoms with Crippen molar-refractivity contribution in [3.8, 4) is 5.75 Å². The Kier molecular flexibility index (Phi) is 6.23. The van der Waals surface area contributed by atoms with Gasteiger partial charge in [0.2, 0.25) is 0 Å². The number of amides is 1.